The molecule has 1 N–H and O–H groups in total. The van der Waals surface area contributed by atoms with Crippen molar-refractivity contribution in [2.24, 2.45) is 0 Å². The van der Waals surface area contributed by atoms with Gasteiger partial charge in [-0.15, -0.1) is 0 Å². The summed E-state index contributed by atoms with van der Waals surface area (Å²) < 4.78 is 5.62. The van der Waals surface area contributed by atoms with Gasteiger partial charge in [-0.25, -0.2) is 0 Å². The van der Waals surface area contributed by atoms with Crippen molar-refractivity contribution in [3.05, 3.63) is 65.2 Å². The maximum absolute atomic E-state index is 10.3. The predicted octanol–water partition coefficient (Wildman–Crippen LogP) is 2.42. The quantitative estimate of drug-likeness (QED) is 0.817. The highest BCUT2D eigenvalue weighted by Gasteiger charge is 2.19. The molecule has 0 spiro atoms. The number of β-amino-alcohol motifs (C(OH)–C–C–N with tert-alkyl or cyclic N) is 1. The highest BCUT2D eigenvalue weighted by Crippen LogP contribution is 2.13. The van der Waals surface area contributed by atoms with Gasteiger partial charge in [0.15, 0.2) is 0 Å². The number of nitriles is 1. The Bertz CT molecular complexity index is 762. The van der Waals surface area contributed by atoms with E-state index in [-0.39, 0.29) is 6.61 Å². The van der Waals surface area contributed by atoms with Crippen molar-refractivity contribution in [1.29, 1.82) is 5.26 Å². The Morgan fingerprint density at radius 1 is 1.07 bits per heavy atom. The first-order valence-electron chi connectivity index (χ1n) is 9.43. The first kappa shape index (κ1) is 19.4. The van der Waals surface area contributed by atoms with Gasteiger partial charge in [0.1, 0.15) is 18.5 Å². The Morgan fingerprint density at radius 3 is 2.44 bits per heavy atom. The van der Waals surface area contributed by atoms with Gasteiger partial charge in [0, 0.05) is 39.3 Å². The van der Waals surface area contributed by atoms with E-state index < -0.39 is 6.10 Å². The predicted molar refractivity (Wildman–Crippen MR) is 106 cm³/mol. The Balaban J connectivity index is 1.37. The molecule has 0 aliphatic carbocycles. The molecule has 1 fully saturated rings. The molecule has 2 aromatic carbocycles. The summed E-state index contributed by atoms with van der Waals surface area (Å²) >= 11 is 0. The average molecular weight is 365 g/mol. The minimum Gasteiger partial charge on any atom is -0.491 e. The molecule has 0 saturated carbocycles. The third-order valence-electron chi connectivity index (χ3n) is 4.85. The lowest BCUT2D eigenvalue weighted by atomic mass is 10.1. The van der Waals surface area contributed by atoms with E-state index in [2.05, 4.69) is 47.1 Å². The van der Waals surface area contributed by atoms with Gasteiger partial charge < -0.3 is 9.84 Å². The lowest BCUT2D eigenvalue weighted by Gasteiger charge is -2.35. The van der Waals surface area contributed by atoms with Crippen LogP contribution in [0.2, 0.25) is 0 Å². The monoisotopic (exact) mass is 365 g/mol. The number of aryl methyl sites for hydroxylation is 1. The average Bonchev–Trinajstić information content (AvgIpc) is 2.68. The number of aliphatic hydroxyl groups is 1. The third-order valence-corrected chi connectivity index (χ3v) is 4.85. The molecule has 5 nitrogen and oxygen atoms in total. The second-order valence-corrected chi connectivity index (χ2v) is 7.17. The first-order valence-corrected chi connectivity index (χ1v) is 9.43. The zero-order valence-electron chi connectivity index (χ0n) is 15.8. The standard InChI is InChI=1S/C22H27N3O2/c1-18-3-2-4-20(13-18)15-24-9-11-25(12-10-24)16-21(26)17-27-22-7-5-19(14-23)6-8-22/h2-8,13,21,26H,9-12,15-17H2,1H3/t21-/m1/s1. The van der Waals surface area contributed by atoms with Crippen molar-refractivity contribution < 1.29 is 9.84 Å². The van der Waals surface area contributed by atoms with Gasteiger partial charge in [0.2, 0.25) is 0 Å². The smallest absolute Gasteiger partial charge is 0.119 e. The summed E-state index contributed by atoms with van der Waals surface area (Å²) in [6.07, 6.45) is -0.524. The van der Waals surface area contributed by atoms with Gasteiger partial charge in [-0.1, -0.05) is 29.8 Å². The van der Waals surface area contributed by atoms with Gasteiger partial charge in [-0.05, 0) is 36.8 Å². The largest absolute Gasteiger partial charge is 0.491 e. The van der Waals surface area contributed by atoms with E-state index in [9.17, 15) is 5.11 Å². The van der Waals surface area contributed by atoms with Crippen LogP contribution in [0.5, 0.6) is 5.75 Å². The first-order chi connectivity index (χ1) is 13.1. The molecule has 0 bridgehead atoms. The highest BCUT2D eigenvalue weighted by molar-refractivity contribution is 5.34. The van der Waals surface area contributed by atoms with E-state index in [1.807, 2.05) is 0 Å². The Labute approximate surface area is 161 Å². The van der Waals surface area contributed by atoms with Gasteiger partial charge >= 0.3 is 0 Å². The molecule has 5 heteroatoms. The van der Waals surface area contributed by atoms with Gasteiger partial charge in [-0.2, -0.15) is 5.26 Å². The molecule has 1 saturated heterocycles. The number of aliphatic hydroxyl groups excluding tert-OH is 1. The zero-order chi connectivity index (χ0) is 19.1. The number of hydrogen-bond donors (Lipinski definition) is 1. The number of nitrogens with zero attached hydrogens (tertiary/aromatic N) is 3. The summed E-state index contributed by atoms with van der Waals surface area (Å²) in [4.78, 5) is 4.75. The molecule has 0 amide bonds. The van der Waals surface area contributed by atoms with Crippen molar-refractivity contribution in [1.82, 2.24) is 9.80 Å². The number of piperazine rings is 1. The number of benzene rings is 2. The second-order valence-electron chi connectivity index (χ2n) is 7.17. The molecule has 3 rings (SSSR count). The van der Waals surface area contributed by atoms with Crippen LogP contribution in [0.15, 0.2) is 48.5 Å². The SMILES string of the molecule is Cc1cccc(CN2CCN(C[C@@H](O)COc3ccc(C#N)cc3)CC2)c1. The summed E-state index contributed by atoms with van der Waals surface area (Å²) in [5, 5.41) is 19.1. The number of ether oxygens (including phenoxy) is 1. The summed E-state index contributed by atoms with van der Waals surface area (Å²) in [5.41, 5.74) is 3.27. The van der Waals surface area contributed by atoms with Crippen LogP contribution >= 0.6 is 0 Å². The molecule has 27 heavy (non-hydrogen) atoms. The zero-order valence-corrected chi connectivity index (χ0v) is 15.8. The summed E-state index contributed by atoms with van der Waals surface area (Å²) in [6, 6.07) is 17.7. The molecule has 1 atom stereocenters. The normalized spacial score (nSPS) is 16.6. The molecule has 142 valence electrons. The van der Waals surface area contributed by atoms with Crippen LogP contribution in [0, 0.1) is 18.3 Å². The molecule has 0 unspecified atom stereocenters. The fourth-order valence-electron chi connectivity index (χ4n) is 3.37. The van der Waals surface area contributed by atoms with Crippen molar-refractivity contribution in [3.63, 3.8) is 0 Å². The van der Waals surface area contributed by atoms with Crippen LogP contribution in [0.1, 0.15) is 16.7 Å². The maximum atomic E-state index is 10.3. The van der Waals surface area contributed by atoms with Crippen LogP contribution in [0.3, 0.4) is 0 Å². The van der Waals surface area contributed by atoms with Crippen LogP contribution in [0.25, 0.3) is 0 Å². The van der Waals surface area contributed by atoms with Gasteiger partial charge in [0.25, 0.3) is 0 Å². The molecule has 1 heterocycles. The topological polar surface area (TPSA) is 59.7 Å². The minimum atomic E-state index is -0.524. The Morgan fingerprint density at radius 2 is 1.78 bits per heavy atom. The van der Waals surface area contributed by atoms with Gasteiger partial charge in [0.05, 0.1) is 11.6 Å². The van der Waals surface area contributed by atoms with E-state index in [4.69, 9.17) is 10.00 Å². The summed E-state index contributed by atoms with van der Waals surface area (Å²) in [5.74, 6) is 0.677. The van der Waals surface area contributed by atoms with Crippen LogP contribution in [-0.2, 0) is 6.54 Å². The van der Waals surface area contributed by atoms with Gasteiger partial charge in [-0.3, -0.25) is 9.80 Å². The van der Waals surface area contributed by atoms with E-state index in [0.717, 1.165) is 32.7 Å². The molecular formula is C22H27N3O2. The Hall–Kier alpha value is -2.39. The lowest BCUT2D eigenvalue weighted by Crippen LogP contribution is -2.48. The van der Waals surface area contributed by atoms with Crippen LogP contribution < -0.4 is 4.74 Å². The molecule has 1 aliphatic heterocycles. The molecule has 0 radical (unpaired) electrons. The lowest BCUT2D eigenvalue weighted by molar-refractivity contribution is 0.0446. The number of hydrogen-bond acceptors (Lipinski definition) is 5. The van der Waals surface area contributed by atoms with Crippen LogP contribution in [0.4, 0.5) is 0 Å². The van der Waals surface area contributed by atoms with Crippen molar-refractivity contribution >= 4 is 0 Å². The summed E-state index contributed by atoms with van der Waals surface area (Å²) in [7, 11) is 0. The van der Waals surface area contributed by atoms with Crippen molar-refractivity contribution in [2.75, 3.05) is 39.3 Å². The van der Waals surface area contributed by atoms with E-state index in [1.54, 1.807) is 24.3 Å². The van der Waals surface area contributed by atoms with E-state index in [0.29, 0.717) is 17.9 Å². The van der Waals surface area contributed by atoms with E-state index >= 15 is 0 Å². The highest BCUT2D eigenvalue weighted by atomic mass is 16.5. The third kappa shape index (κ3) is 6.07. The van der Waals surface area contributed by atoms with E-state index in [1.165, 1.54) is 11.1 Å². The van der Waals surface area contributed by atoms with Crippen molar-refractivity contribution in [3.8, 4) is 11.8 Å². The second kappa shape index (κ2) is 9.52. The number of rotatable bonds is 7. The molecule has 2 aromatic rings. The van der Waals surface area contributed by atoms with Crippen LogP contribution in [-0.4, -0.2) is 60.3 Å². The minimum absolute atomic E-state index is 0.259. The van der Waals surface area contributed by atoms with Crippen molar-refractivity contribution in [2.45, 2.75) is 19.6 Å². The maximum Gasteiger partial charge on any atom is 0.119 e. The fourth-order valence-corrected chi connectivity index (χ4v) is 3.37. The fraction of sp³-hybridized carbons (Fsp3) is 0.409. The summed E-state index contributed by atoms with van der Waals surface area (Å²) in [6.45, 7) is 7.93. The molecule has 1 aliphatic rings. The Kier molecular flexibility index (Phi) is 6.83. The molecule has 0 aromatic heterocycles. The molecular weight excluding hydrogens is 338 g/mol.